The number of carbonyl (C=O) groups is 2. The van der Waals surface area contributed by atoms with Crippen molar-refractivity contribution in [2.75, 3.05) is 6.54 Å². The molecule has 0 unspecified atom stereocenters. The lowest BCUT2D eigenvalue weighted by molar-refractivity contribution is -0.148. The number of carboxylic acids is 1. The topological polar surface area (TPSA) is 107 Å². The van der Waals surface area contributed by atoms with E-state index in [1.165, 1.54) is 4.90 Å². The number of β-amino-alcohol motifs (C(OH)–C–C–N with tert-alkyl or cyclic N) is 1. The van der Waals surface area contributed by atoms with Crippen molar-refractivity contribution in [1.29, 1.82) is 0 Å². The molecule has 116 valence electrons. The van der Waals surface area contributed by atoms with E-state index < -0.39 is 18.1 Å². The van der Waals surface area contributed by atoms with Gasteiger partial charge in [-0.15, -0.1) is 0 Å². The Bertz CT molecular complexity index is 679. The Morgan fingerprint density at radius 2 is 2.14 bits per heavy atom. The highest BCUT2D eigenvalue weighted by molar-refractivity contribution is 5.84. The van der Waals surface area contributed by atoms with Crippen LogP contribution < -0.4 is 0 Å². The van der Waals surface area contributed by atoms with Gasteiger partial charge >= 0.3 is 5.97 Å². The van der Waals surface area contributed by atoms with Crippen molar-refractivity contribution < 1.29 is 19.8 Å². The number of aromatic amines is 1. The summed E-state index contributed by atoms with van der Waals surface area (Å²) in [5, 5.41) is 18.7. The number of rotatable bonds is 4. The van der Waals surface area contributed by atoms with Crippen LogP contribution in [-0.2, 0) is 16.0 Å². The first-order chi connectivity index (χ1) is 10.5. The fraction of sp³-hybridized carbons (Fsp3) is 0.400. The summed E-state index contributed by atoms with van der Waals surface area (Å²) in [5.74, 6) is -0.654. The molecule has 0 radical (unpaired) electrons. The molecule has 1 aromatic heterocycles. The van der Waals surface area contributed by atoms with Crippen molar-refractivity contribution in [1.82, 2.24) is 14.9 Å². The van der Waals surface area contributed by atoms with Gasteiger partial charge in [-0.2, -0.15) is 0 Å². The monoisotopic (exact) mass is 303 g/mol. The number of benzene rings is 1. The quantitative estimate of drug-likeness (QED) is 0.764. The fourth-order valence-electron chi connectivity index (χ4n) is 2.82. The Balaban J connectivity index is 1.65. The maximum absolute atomic E-state index is 12.2. The molecule has 1 amide bonds. The van der Waals surface area contributed by atoms with Crippen LogP contribution in [0.25, 0.3) is 11.0 Å². The number of aliphatic hydroxyl groups excluding tert-OH is 1. The molecule has 1 saturated heterocycles. The molecule has 7 nitrogen and oxygen atoms in total. The summed E-state index contributed by atoms with van der Waals surface area (Å²) in [6, 6.07) is 6.65. The molecule has 3 N–H and O–H groups in total. The van der Waals surface area contributed by atoms with Crippen LogP contribution in [-0.4, -0.2) is 55.6 Å². The molecule has 1 aliphatic heterocycles. The van der Waals surface area contributed by atoms with E-state index in [4.69, 9.17) is 5.11 Å². The molecule has 7 heteroatoms. The zero-order valence-corrected chi connectivity index (χ0v) is 11.9. The molecule has 2 heterocycles. The predicted octanol–water partition coefficient (Wildman–Crippen LogP) is 0.542. The second kappa shape index (κ2) is 5.76. The van der Waals surface area contributed by atoms with Crippen molar-refractivity contribution in [2.24, 2.45) is 0 Å². The van der Waals surface area contributed by atoms with Gasteiger partial charge in [-0.1, -0.05) is 12.1 Å². The molecule has 0 bridgehead atoms. The lowest BCUT2D eigenvalue weighted by atomic mass is 10.2. The van der Waals surface area contributed by atoms with Crippen molar-refractivity contribution in [2.45, 2.75) is 31.4 Å². The van der Waals surface area contributed by atoms with Crippen LogP contribution in [0.2, 0.25) is 0 Å². The van der Waals surface area contributed by atoms with Crippen LogP contribution in [0.5, 0.6) is 0 Å². The number of aliphatic carboxylic acids is 1. The van der Waals surface area contributed by atoms with Gasteiger partial charge in [0, 0.05) is 25.8 Å². The van der Waals surface area contributed by atoms with Crippen LogP contribution in [0, 0.1) is 0 Å². The molecule has 1 aliphatic rings. The number of fused-ring (bicyclic) bond motifs is 1. The number of amides is 1. The zero-order chi connectivity index (χ0) is 15.7. The van der Waals surface area contributed by atoms with E-state index in [2.05, 4.69) is 9.97 Å². The third kappa shape index (κ3) is 2.80. The summed E-state index contributed by atoms with van der Waals surface area (Å²) in [5.41, 5.74) is 1.75. The molecule has 0 spiro atoms. The number of aromatic nitrogens is 2. The molecule has 1 aromatic carbocycles. The van der Waals surface area contributed by atoms with E-state index in [1.54, 1.807) is 0 Å². The average molecular weight is 303 g/mol. The third-order valence-corrected chi connectivity index (χ3v) is 3.90. The summed E-state index contributed by atoms with van der Waals surface area (Å²) in [6.45, 7) is 0.0793. The number of para-hydroxylation sites is 2. The smallest absolute Gasteiger partial charge is 0.326 e. The molecule has 0 aliphatic carbocycles. The van der Waals surface area contributed by atoms with Gasteiger partial charge in [-0.25, -0.2) is 9.78 Å². The van der Waals surface area contributed by atoms with Crippen molar-refractivity contribution in [3.63, 3.8) is 0 Å². The third-order valence-electron chi connectivity index (χ3n) is 3.90. The highest BCUT2D eigenvalue weighted by Crippen LogP contribution is 2.20. The maximum Gasteiger partial charge on any atom is 0.326 e. The Morgan fingerprint density at radius 1 is 1.36 bits per heavy atom. The predicted molar refractivity (Wildman–Crippen MR) is 78.2 cm³/mol. The van der Waals surface area contributed by atoms with Gasteiger partial charge in [-0.05, 0) is 12.1 Å². The van der Waals surface area contributed by atoms with Crippen molar-refractivity contribution in [3.05, 3.63) is 30.1 Å². The van der Waals surface area contributed by atoms with E-state index in [0.717, 1.165) is 11.0 Å². The molecule has 22 heavy (non-hydrogen) atoms. The molecular formula is C15H17N3O4. The van der Waals surface area contributed by atoms with Gasteiger partial charge in [-0.3, -0.25) is 4.79 Å². The van der Waals surface area contributed by atoms with Gasteiger partial charge in [0.2, 0.25) is 5.91 Å². The number of aliphatic hydroxyl groups is 1. The number of hydrogen-bond donors (Lipinski definition) is 3. The molecule has 3 rings (SSSR count). The van der Waals surface area contributed by atoms with Crippen LogP contribution in [0.4, 0.5) is 0 Å². The fourth-order valence-corrected chi connectivity index (χ4v) is 2.82. The number of nitrogens with zero attached hydrogens (tertiary/aromatic N) is 2. The number of likely N-dealkylation sites (tertiary alicyclic amines) is 1. The zero-order valence-electron chi connectivity index (χ0n) is 11.9. The van der Waals surface area contributed by atoms with E-state index in [0.29, 0.717) is 12.2 Å². The number of carbonyl (C=O) groups excluding carboxylic acids is 1. The van der Waals surface area contributed by atoms with E-state index in [-0.39, 0.29) is 25.3 Å². The number of imidazole rings is 1. The molecule has 2 atom stereocenters. The number of carboxylic acid groups (broad SMARTS) is 1. The number of hydrogen-bond acceptors (Lipinski definition) is 4. The largest absolute Gasteiger partial charge is 0.480 e. The van der Waals surface area contributed by atoms with Crippen molar-refractivity contribution >= 4 is 22.9 Å². The summed E-state index contributed by atoms with van der Waals surface area (Å²) < 4.78 is 0. The summed E-state index contributed by atoms with van der Waals surface area (Å²) in [7, 11) is 0. The van der Waals surface area contributed by atoms with Gasteiger partial charge in [0.05, 0.1) is 17.1 Å². The molecule has 2 aromatic rings. The van der Waals surface area contributed by atoms with Crippen molar-refractivity contribution in [3.8, 4) is 0 Å². The second-order valence-corrected chi connectivity index (χ2v) is 5.49. The Labute approximate surface area is 126 Å². The number of H-pyrrole nitrogens is 1. The van der Waals surface area contributed by atoms with Crippen LogP contribution in [0.3, 0.4) is 0 Å². The van der Waals surface area contributed by atoms with Gasteiger partial charge < -0.3 is 20.1 Å². The summed E-state index contributed by atoms with van der Waals surface area (Å²) in [4.78, 5) is 32.1. The minimum absolute atomic E-state index is 0.0793. The minimum atomic E-state index is -1.08. The van der Waals surface area contributed by atoms with Crippen LogP contribution in [0.1, 0.15) is 18.7 Å². The molecule has 1 fully saturated rings. The Hall–Kier alpha value is -2.41. The molecule has 0 saturated carbocycles. The summed E-state index contributed by atoms with van der Waals surface area (Å²) in [6.07, 6.45) is -0.106. The highest BCUT2D eigenvalue weighted by atomic mass is 16.4. The van der Waals surface area contributed by atoms with Gasteiger partial charge in [0.25, 0.3) is 0 Å². The van der Waals surface area contributed by atoms with Crippen LogP contribution in [0.15, 0.2) is 24.3 Å². The van der Waals surface area contributed by atoms with E-state index in [9.17, 15) is 14.7 Å². The van der Waals surface area contributed by atoms with Gasteiger partial charge in [0.1, 0.15) is 11.9 Å². The highest BCUT2D eigenvalue weighted by Gasteiger charge is 2.38. The van der Waals surface area contributed by atoms with E-state index >= 15 is 0 Å². The Morgan fingerprint density at radius 3 is 2.86 bits per heavy atom. The average Bonchev–Trinajstić information content (AvgIpc) is 3.07. The SMILES string of the molecule is O=C(O)[C@@H]1C[C@@H](O)CN1C(=O)CCc1nc2ccccc2[nH]1. The van der Waals surface area contributed by atoms with Gasteiger partial charge in [0.15, 0.2) is 0 Å². The standard InChI is InChI=1S/C15H17N3O4/c19-9-7-12(15(21)22)18(8-9)14(20)6-5-13-16-10-3-1-2-4-11(10)17-13/h1-4,9,12,19H,5-8H2,(H,16,17)(H,21,22)/t9-,12+/m1/s1. The first-order valence-electron chi connectivity index (χ1n) is 7.18. The first-order valence-corrected chi connectivity index (χ1v) is 7.18. The number of nitrogens with one attached hydrogen (secondary N) is 1. The van der Waals surface area contributed by atoms with Crippen LogP contribution >= 0.6 is 0 Å². The second-order valence-electron chi connectivity index (χ2n) is 5.49. The lowest BCUT2D eigenvalue weighted by Gasteiger charge is -2.20. The minimum Gasteiger partial charge on any atom is -0.480 e. The Kier molecular flexibility index (Phi) is 3.81. The number of aryl methyl sites for hydroxylation is 1. The first kappa shape index (κ1) is 14.5. The maximum atomic E-state index is 12.2. The van der Waals surface area contributed by atoms with E-state index in [1.807, 2.05) is 24.3 Å². The summed E-state index contributed by atoms with van der Waals surface area (Å²) >= 11 is 0. The normalized spacial score (nSPS) is 21.4. The molecular weight excluding hydrogens is 286 g/mol. The lowest BCUT2D eigenvalue weighted by Crippen LogP contribution is -2.40.